The van der Waals surface area contributed by atoms with Crippen molar-refractivity contribution in [2.24, 2.45) is 0 Å². The first-order chi connectivity index (χ1) is 12.1. The second kappa shape index (κ2) is 7.90. The molecule has 2 heterocycles. The second-order valence-corrected chi connectivity index (χ2v) is 6.18. The molecule has 2 aromatic rings. The van der Waals surface area contributed by atoms with Gasteiger partial charge in [0.1, 0.15) is 5.82 Å². The van der Waals surface area contributed by atoms with E-state index in [1.54, 1.807) is 17.2 Å². The van der Waals surface area contributed by atoms with Crippen molar-refractivity contribution in [3.8, 4) is 0 Å². The van der Waals surface area contributed by atoms with Crippen LogP contribution in [0.4, 0.5) is 5.82 Å². The van der Waals surface area contributed by atoms with Crippen molar-refractivity contribution in [2.75, 3.05) is 31.5 Å². The summed E-state index contributed by atoms with van der Waals surface area (Å²) in [5.41, 5.74) is 2.09. The molecule has 1 aromatic carbocycles. The van der Waals surface area contributed by atoms with Gasteiger partial charge in [-0.05, 0) is 24.1 Å². The lowest BCUT2D eigenvalue weighted by Gasteiger charge is -2.34. The van der Waals surface area contributed by atoms with Gasteiger partial charge < -0.3 is 10.2 Å². The maximum absolute atomic E-state index is 12.3. The Morgan fingerprint density at radius 2 is 1.76 bits per heavy atom. The number of aryl methyl sites for hydroxylation is 1. The molecule has 0 aliphatic carbocycles. The summed E-state index contributed by atoms with van der Waals surface area (Å²) in [5.74, 6) is -0.689. The largest absolute Gasteiger partial charge is 0.332 e. The number of carbonyl (C=O) groups is 2. The molecule has 1 saturated heterocycles. The molecule has 0 unspecified atom stereocenters. The number of anilines is 1. The van der Waals surface area contributed by atoms with Crippen LogP contribution in [0.25, 0.3) is 0 Å². The van der Waals surface area contributed by atoms with Gasteiger partial charge >= 0.3 is 11.8 Å². The summed E-state index contributed by atoms with van der Waals surface area (Å²) in [5, 5.41) is 2.60. The summed E-state index contributed by atoms with van der Waals surface area (Å²) in [7, 11) is 0. The molecule has 0 bridgehead atoms. The minimum atomic E-state index is -0.627. The summed E-state index contributed by atoms with van der Waals surface area (Å²) in [6.45, 7) is 5.34. The second-order valence-electron chi connectivity index (χ2n) is 6.18. The summed E-state index contributed by atoms with van der Waals surface area (Å²) in [4.78, 5) is 32.5. The first-order valence-corrected chi connectivity index (χ1v) is 8.41. The Kier molecular flexibility index (Phi) is 5.40. The van der Waals surface area contributed by atoms with E-state index in [1.165, 1.54) is 5.56 Å². The van der Waals surface area contributed by atoms with Crippen LogP contribution in [-0.4, -0.2) is 52.8 Å². The predicted molar refractivity (Wildman–Crippen MR) is 95.9 cm³/mol. The van der Waals surface area contributed by atoms with Gasteiger partial charge in [0.2, 0.25) is 0 Å². The molecule has 1 aromatic heterocycles. The number of benzene rings is 1. The molecule has 1 aliphatic heterocycles. The highest BCUT2D eigenvalue weighted by Crippen LogP contribution is 2.11. The molecule has 0 spiro atoms. The van der Waals surface area contributed by atoms with Gasteiger partial charge in [-0.2, -0.15) is 0 Å². The predicted octanol–water partition coefficient (Wildman–Crippen LogP) is 1.67. The quantitative estimate of drug-likeness (QED) is 0.865. The third-order valence-corrected chi connectivity index (χ3v) is 4.34. The van der Waals surface area contributed by atoms with Crippen molar-refractivity contribution in [2.45, 2.75) is 13.5 Å². The molecule has 0 saturated carbocycles. The third kappa shape index (κ3) is 4.42. The molecule has 1 aliphatic rings. The zero-order valence-corrected chi connectivity index (χ0v) is 14.3. The number of pyridine rings is 1. The SMILES string of the molecule is Cc1cccnc1NC(=O)C(=O)N1CCN(Cc2ccccc2)CC1. The van der Waals surface area contributed by atoms with E-state index in [0.717, 1.165) is 25.2 Å². The lowest BCUT2D eigenvalue weighted by molar-refractivity contribution is -0.144. The summed E-state index contributed by atoms with van der Waals surface area (Å²) >= 11 is 0. The van der Waals surface area contributed by atoms with Crippen molar-refractivity contribution in [3.05, 3.63) is 59.8 Å². The fraction of sp³-hybridized carbons (Fsp3) is 0.316. The Bertz CT molecular complexity index is 740. The van der Waals surface area contributed by atoms with E-state index in [4.69, 9.17) is 0 Å². The van der Waals surface area contributed by atoms with Crippen LogP contribution in [0.5, 0.6) is 0 Å². The number of hydrogen-bond acceptors (Lipinski definition) is 4. The van der Waals surface area contributed by atoms with Crippen molar-refractivity contribution < 1.29 is 9.59 Å². The van der Waals surface area contributed by atoms with Crippen LogP contribution < -0.4 is 5.32 Å². The Hall–Kier alpha value is -2.73. The highest BCUT2D eigenvalue weighted by atomic mass is 16.2. The Balaban J connectivity index is 1.51. The monoisotopic (exact) mass is 338 g/mol. The van der Waals surface area contributed by atoms with E-state index in [-0.39, 0.29) is 0 Å². The third-order valence-electron chi connectivity index (χ3n) is 4.34. The topological polar surface area (TPSA) is 65.5 Å². The molecule has 2 amide bonds. The van der Waals surface area contributed by atoms with Crippen LogP contribution in [-0.2, 0) is 16.1 Å². The van der Waals surface area contributed by atoms with Crippen LogP contribution in [0.1, 0.15) is 11.1 Å². The van der Waals surface area contributed by atoms with Gasteiger partial charge in [-0.3, -0.25) is 14.5 Å². The van der Waals surface area contributed by atoms with Gasteiger partial charge in [0.25, 0.3) is 0 Å². The number of carbonyl (C=O) groups excluding carboxylic acids is 2. The average molecular weight is 338 g/mol. The standard InChI is InChI=1S/C19H22N4O2/c1-15-6-5-9-20-17(15)21-18(24)19(25)23-12-10-22(11-13-23)14-16-7-3-2-4-8-16/h2-9H,10-14H2,1H3,(H,20,21,24). The summed E-state index contributed by atoms with van der Waals surface area (Å²) in [6.07, 6.45) is 1.59. The molecular weight excluding hydrogens is 316 g/mol. The van der Waals surface area contributed by atoms with Crippen molar-refractivity contribution in [1.82, 2.24) is 14.8 Å². The molecule has 130 valence electrons. The molecule has 1 fully saturated rings. The van der Waals surface area contributed by atoms with E-state index >= 15 is 0 Å². The zero-order chi connectivity index (χ0) is 17.6. The van der Waals surface area contributed by atoms with E-state index in [1.807, 2.05) is 31.2 Å². The lowest BCUT2D eigenvalue weighted by atomic mass is 10.2. The normalized spacial score (nSPS) is 15.0. The molecule has 0 radical (unpaired) electrons. The van der Waals surface area contributed by atoms with Gasteiger partial charge in [-0.1, -0.05) is 36.4 Å². The van der Waals surface area contributed by atoms with Gasteiger partial charge in [0.15, 0.2) is 0 Å². The van der Waals surface area contributed by atoms with Crippen LogP contribution in [0.2, 0.25) is 0 Å². The number of piperazine rings is 1. The molecule has 6 nitrogen and oxygen atoms in total. The van der Waals surface area contributed by atoms with E-state index in [9.17, 15) is 9.59 Å². The number of nitrogens with zero attached hydrogens (tertiary/aromatic N) is 3. The number of hydrogen-bond donors (Lipinski definition) is 1. The number of rotatable bonds is 3. The molecule has 25 heavy (non-hydrogen) atoms. The first kappa shape index (κ1) is 17.1. The van der Waals surface area contributed by atoms with Crippen molar-refractivity contribution in [1.29, 1.82) is 0 Å². The Morgan fingerprint density at radius 3 is 2.44 bits per heavy atom. The minimum absolute atomic E-state index is 0.434. The fourth-order valence-corrected chi connectivity index (χ4v) is 2.87. The average Bonchev–Trinajstić information content (AvgIpc) is 2.64. The van der Waals surface area contributed by atoms with Gasteiger partial charge in [-0.15, -0.1) is 0 Å². The van der Waals surface area contributed by atoms with E-state index < -0.39 is 11.8 Å². The minimum Gasteiger partial charge on any atom is -0.332 e. The summed E-state index contributed by atoms with van der Waals surface area (Å²) in [6, 6.07) is 13.9. The maximum atomic E-state index is 12.3. The summed E-state index contributed by atoms with van der Waals surface area (Å²) < 4.78 is 0. The van der Waals surface area contributed by atoms with Crippen LogP contribution in [0.3, 0.4) is 0 Å². The lowest BCUT2D eigenvalue weighted by Crippen LogP contribution is -2.51. The first-order valence-electron chi connectivity index (χ1n) is 8.41. The van der Waals surface area contributed by atoms with Crippen LogP contribution in [0.15, 0.2) is 48.7 Å². The van der Waals surface area contributed by atoms with E-state index in [0.29, 0.717) is 18.9 Å². The van der Waals surface area contributed by atoms with Gasteiger partial charge in [-0.25, -0.2) is 4.98 Å². The Labute approximate surface area is 147 Å². The van der Waals surface area contributed by atoms with Crippen molar-refractivity contribution in [3.63, 3.8) is 0 Å². The van der Waals surface area contributed by atoms with Gasteiger partial charge in [0.05, 0.1) is 0 Å². The zero-order valence-electron chi connectivity index (χ0n) is 14.3. The Morgan fingerprint density at radius 1 is 1.04 bits per heavy atom. The smallest absolute Gasteiger partial charge is 0.315 e. The van der Waals surface area contributed by atoms with Crippen molar-refractivity contribution >= 4 is 17.6 Å². The molecule has 3 rings (SSSR count). The maximum Gasteiger partial charge on any atom is 0.315 e. The highest BCUT2D eigenvalue weighted by molar-refractivity contribution is 6.39. The van der Waals surface area contributed by atoms with E-state index in [2.05, 4.69) is 27.3 Å². The van der Waals surface area contributed by atoms with Crippen LogP contribution >= 0.6 is 0 Å². The molecular formula is C19H22N4O2. The number of aromatic nitrogens is 1. The highest BCUT2D eigenvalue weighted by Gasteiger charge is 2.26. The molecule has 6 heteroatoms. The molecule has 1 N–H and O–H groups in total. The van der Waals surface area contributed by atoms with Crippen LogP contribution in [0, 0.1) is 6.92 Å². The number of nitrogens with one attached hydrogen (secondary N) is 1. The molecule has 0 atom stereocenters. The number of amides is 2. The van der Waals surface area contributed by atoms with Gasteiger partial charge in [0, 0.05) is 38.9 Å². The fourth-order valence-electron chi connectivity index (χ4n) is 2.87.